The van der Waals surface area contributed by atoms with Crippen LogP contribution in [0, 0.1) is 0 Å². The zero-order chi connectivity index (χ0) is 32.5. The Kier molecular flexibility index (Phi) is 11.1. The third kappa shape index (κ3) is 8.76. The average Bonchev–Trinajstić information content (AvgIpc) is 3.53. The molecule has 46 heavy (non-hydrogen) atoms. The van der Waals surface area contributed by atoms with Crippen LogP contribution in [0.5, 0.6) is 5.75 Å². The van der Waals surface area contributed by atoms with Crippen molar-refractivity contribution in [3.05, 3.63) is 129 Å². The number of halogens is 2. The van der Waals surface area contributed by atoms with Gasteiger partial charge in [0, 0.05) is 42.7 Å². The van der Waals surface area contributed by atoms with Crippen molar-refractivity contribution >= 4 is 80.9 Å². The maximum absolute atomic E-state index is 13.5. The van der Waals surface area contributed by atoms with Gasteiger partial charge in [-0.15, -0.1) is 23.1 Å². The van der Waals surface area contributed by atoms with Crippen molar-refractivity contribution in [2.45, 2.75) is 4.90 Å². The molecule has 0 spiro atoms. The van der Waals surface area contributed by atoms with Gasteiger partial charge in [0.1, 0.15) is 11.4 Å². The SMILES string of the molecule is COc1ccc(-c2csc(NC(=O)CSc3cccc(NC(=O)/C(=C\c4c(Cl)cccc4Cl)NC(=O)c4ccccc4)c3)n2)cc1. The molecule has 0 aliphatic carbocycles. The van der Waals surface area contributed by atoms with Crippen LogP contribution >= 0.6 is 46.3 Å². The van der Waals surface area contributed by atoms with Crippen LogP contribution in [0.15, 0.2) is 113 Å². The van der Waals surface area contributed by atoms with Gasteiger partial charge in [-0.2, -0.15) is 0 Å². The lowest BCUT2D eigenvalue weighted by molar-refractivity contribution is -0.114. The molecule has 12 heteroatoms. The second-order valence-electron chi connectivity index (χ2n) is 9.60. The number of methoxy groups -OCH3 is 1. The normalized spacial score (nSPS) is 11.1. The Morgan fingerprint density at radius 1 is 0.891 bits per heavy atom. The Morgan fingerprint density at radius 3 is 2.33 bits per heavy atom. The molecule has 0 saturated heterocycles. The van der Waals surface area contributed by atoms with E-state index in [4.69, 9.17) is 27.9 Å². The van der Waals surface area contributed by atoms with E-state index in [0.29, 0.717) is 32.0 Å². The number of ether oxygens (including phenoxy) is 1. The molecule has 3 amide bonds. The number of benzene rings is 4. The van der Waals surface area contributed by atoms with E-state index in [1.54, 1.807) is 73.8 Å². The molecule has 0 saturated carbocycles. The van der Waals surface area contributed by atoms with Crippen LogP contribution in [-0.4, -0.2) is 35.6 Å². The summed E-state index contributed by atoms with van der Waals surface area (Å²) in [5.74, 6) is -0.408. The predicted octanol–water partition coefficient (Wildman–Crippen LogP) is 8.27. The summed E-state index contributed by atoms with van der Waals surface area (Å²) in [7, 11) is 1.61. The predicted molar refractivity (Wildman–Crippen MR) is 187 cm³/mol. The summed E-state index contributed by atoms with van der Waals surface area (Å²) in [4.78, 5) is 44.4. The first-order chi connectivity index (χ1) is 22.3. The maximum Gasteiger partial charge on any atom is 0.272 e. The van der Waals surface area contributed by atoms with Crippen molar-refractivity contribution in [3.63, 3.8) is 0 Å². The lowest BCUT2D eigenvalue weighted by Gasteiger charge is -2.13. The van der Waals surface area contributed by atoms with Crippen LogP contribution < -0.4 is 20.7 Å². The van der Waals surface area contributed by atoms with Crippen molar-refractivity contribution in [1.82, 2.24) is 10.3 Å². The van der Waals surface area contributed by atoms with E-state index in [1.165, 1.54) is 29.2 Å². The molecule has 232 valence electrons. The van der Waals surface area contributed by atoms with E-state index in [0.717, 1.165) is 21.9 Å². The Hall–Kier alpha value is -4.61. The fourth-order valence-electron chi connectivity index (χ4n) is 4.13. The summed E-state index contributed by atoms with van der Waals surface area (Å²) in [6.07, 6.45) is 1.43. The van der Waals surface area contributed by atoms with Gasteiger partial charge in [-0.25, -0.2) is 4.98 Å². The highest BCUT2D eigenvalue weighted by Gasteiger charge is 2.17. The standard InChI is InChI=1S/C34H26Cl2N4O4S2/c1-44-24-15-13-21(14-16-24)30-19-46-34(39-30)40-31(41)20-45-25-10-5-9-23(17-25)37-33(43)29(18-26-27(35)11-6-12-28(26)36)38-32(42)22-7-3-2-4-8-22/h2-19H,20H2,1H3,(H,37,43)(H,38,42)(H,39,40,41)/b29-18+. The van der Waals surface area contributed by atoms with Crippen molar-refractivity contribution in [3.8, 4) is 17.0 Å². The van der Waals surface area contributed by atoms with Gasteiger partial charge in [-0.05, 0) is 72.8 Å². The third-order valence-corrected chi connectivity index (χ3v) is 8.83. The second-order valence-corrected chi connectivity index (χ2v) is 12.3. The van der Waals surface area contributed by atoms with Crippen LogP contribution in [0.4, 0.5) is 10.8 Å². The molecule has 0 fully saturated rings. The quantitative estimate of drug-likeness (QED) is 0.0952. The van der Waals surface area contributed by atoms with Crippen molar-refractivity contribution in [2.75, 3.05) is 23.5 Å². The highest BCUT2D eigenvalue weighted by Crippen LogP contribution is 2.29. The molecule has 5 aromatic rings. The number of aromatic nitrogens is 1. The van der Waals surface area contributed by atoms with Gasteiger partial charge in [0.15, 0.2) is 5.13 Å². The number of anilines is 2. The summed E-state index contributed by atoms with van der Waals surface area (Å²) in [6.45, 7) is 0. The molecule has 0 radical (unpaired) electrons. The summed E-state index contributed by atoms with van der Waals surface area (Å²) in [5, 5.41) is 11.3. The number of thiazole rings is 1. The fourth-order valence-corrected chi connectivity index (χ4v) is 6.12. The van der Waals surface area contributed by atoms with Gasteiger partial charge in [-0.3, -0.25) is 14.4 Å². The highest BCUT2D eigenvalue weighted by atomic mass is 35.5. The number of thioether (sulfide) groups is 1. The van der Waals surface area contributed by atoms with E-state index in [9.17, 15) is 14.4 Å². The van der Waals surface area contributed by atoms with E-state index >= 15 is 0 Å². The van der Waals surface area contributed by atoms with Crippen molar-refractivity contribution in [1.29, 1.82) is 0 Å². The van der Waals surface area contributed by atoms with Crippen molar-refractivity contribution < 1.29 is 19.1 Å². The Balaban J connectivity index is 1.24. The fraction of sp³-hybridized carbons (Fsp3) is 0.0588. The minimum atomic E-state index is -0.586. The largest absolute Gasteiger partial charge is 0.497 e. The zero-order valence-electron chi connectivity index (χ0n) is 24.3. The summed E-state index contributed by atoms with van der Waals surface area (Å²) >= 11 is 15.3. The number of nitrogens with zero attached hydrogens (tertiary/aromatic N) is 1. The molecular formula is C34H26Cl2N4O4S2. The first kappa shape index (κ1) is 32.8. The summed E-state index contributed by atoms with van der Waals surface area (Å²) in [5.41, 5.74) is 2.83. The lowest BCUT2D eigenvalue weighted by Crippen LogP contribution is -2.30. The lowest BCUT2D eigenvalue weighted by atomic mass is 10.1. The van der Waals surface area contributed by atoms with E-state index in [2.05, 4.69) is 20.9 Å². The van der Waals surface area contributed by atoms with Crippen molar-refractivity contribution in [2.24, 2.45) is 0 Å². The number of carbonyl (C=O) groups excluding carboxylic acids is 3. The Morgan fingerprint density at radius 2 is 1.61 bits per heavy atom. The minimum absolute atomic E-state index is 0.0567. The molecule has 0 bridgehead atoms. The number of amides is 3. The number of rotatable bonds is 11. The molecule has 8 nitrogen and oxygen atoms in total. The van der Waals surface area contributed by atoms with Gasteiger partial charge in [0.05, 0.1) is 18.6 Å². The molecule has 3 N–H and O–H groups in total. The van der Waals surface area contributed by atoms with E-state index in [1.807, 2.05) is 35.7 Å². The molecule has 4 aromatic carbocycles. The Labute approximate surface area is 283 Å². The molecular weight excluding hydrogens is 663 g/mol. The zero-order valence-corrected chi connectivity index (χ0v) is 27.4. The summed E-state index contributed by atoms with van der Waals surface area (Å²) in [6, 6.07) is 28.0. The van der Waals surface area contributed by atoms with Crippen LogP contribution in [0.3, 0.4) is 0 Å². The molecule has 0 aliphatic heterocycles. The molecule has 1 heterocycles. The number of hydrogen-bond acceptors (Lipinski definition) is 7. The van der Waals surface area contributed by atoms with Gasteiger partial charge in [0.25, 0.3) is 11.8 Å². The third-order valence-electron chi connectivity index (χ3n) is 6.42. The number of hydrogen-bond donors (Lipinski definition) is 3. The Bertz CT molecular complexity index is 1880. The molecule has 5 rings (SSSR count). The monoisotopic (exact) mass is 688 g/mol. The van der Waals surface area contributed by atoms with E-state index in [-0.39, 0.29) is 17.4 Å². The molecule has 0 atom stereocenters. The first-order valence-electron chi connectivity index (χ1n) is 13.7. The van der Waals surface area contributed by atoms with Crippen LogP contribution in [-0.2, 0) is 9.59 Å². The van der Waals surface area contributed by atoms with Crippen LogP contribution in [0.1, 0.15) is 15.9 Å². The van der Waals surface area contributed by atoms with Gasteiger partial charge >= 0.3 is 0 Å². The molecule has 1 aromatic heterocycles. The maximum atomic E-state index is 13.5. The average molecular weight is 690 g/mol. The minimum Gasteiger partial charge on any atom is -0.497 e. The molecule has 0 aliphatic rings. The van der Waals surface area contributed by atoms with Crippen LogP contribution in [0.25, 0.3) is 17.3 Å². The van der Waals surface area contributed by atoms with Crippen LogP contribution in [0.2, 0.25) is 10.0 Å². The summed E-state index contributed by atoms with van der Waals surface area (Å²) < 4.78 is 5.20. The smallest absolute Gasteiger partial charge is 0.272 e. The van der Waals surface area contributed by atoms with Gasteiger partial charge in [0.2, 0.25) is 5.91 Å². The van der Waals surface area contributed by atoms with Gasteiger partial charge in [-0.1, -0.05) is 53.5 Å². The molecule has 0 unspecified atom stereocenters. The topological polar surface area (TPSA) is 109 Å². The van der Waals surface area contributed by atoms with E-state index < -0.39 is 11.8 Å². The second kappa shape index (κ2) is 15.6. The van der Waals surface area contributed by atoms with Gasteiger partial charge < -0.3 is 20.7 Å². The first-order valence-corrected chi connectivity index (χ1v) is 16.4. The highest BCUT2D eigenvalue weighted by molar-refractivity contribution is 8.00. The number of nitrogens with one attached hydrogen (secondary N) is 3. The number of carbonyl (C=O) groups is 3.